The van der Waals surface area contributed by atoms with E-state index in [2.05, 4.69) is 115 Å². The Bertz CT molecular complexity index is 2470. The molecule has 0 radical (unpaired) electrons. The average molecular weight is 673 g/mol. The summed E-state index contributed by atoms with van der Waals surface area (Å²) in [7, 11) is 0. The summed E-state index contributed by atoms with van der Waals surface area (Å²) in [6.45, 7) is 19.9. The van der Waals surface area contributed by atoms with Crippen LogP contribution in [0.3, 0.4) is 0 Å². The molecule has 0 saturated heterocycles. The lowest BCUT2D eigenvalue weighted by atomic mass is 9.93. The van der Waals surface area contributed by atoms with Crippen LogP contribution in [0.15, 0.2) is 60.7 Å². The summed E-state index contributed by atoms with van der Waals surface area (Å²) in [5.74, 6) is 0. The minimum atomic E-state index is 0.647. The van der Waals surface area contributed by atoms with E-state index in [4.69, 9.17) is 9.97 Å². The topological polar surface area (TPSA) is 74.4 Å². The first-order valence-electron chi connectivity index (χ1n) is 18.5. The zero-order valence-electron chi connectivity index (χ0n) is 31.5. The maximum Gasteiger partial charge on any atom is 0.150 e. The molecule has 0 fully saturated rings. The number of benzene rings is 2. The molecule has 2 aliphatic rings. The lowest BCUT2D eigenvalue weighted by Gasteiger charge is -2.10. The fourth-order valence-corrected chi connectivity index (χ4v) is 8.40. The number of aryl methyl sites for hydroxylation is 5. The van der Waals surface area contributed by atoms with Gasteiger partial charge in [0.1, 0.15) is 0 Å². The number of carbonyl (C=O) groups excluding carboxylic acids is 1. The van der Waals surface area contributed by atoms with Crippen LogP contribution in [-0.4, -0.2) is 26.2 Å². The Morgan fingerprint density at radius 3 is 1.59 bits per heavy atom. The SMILES string of the molecule is CCC1=C(C)c2nc1cc1[nH]c(c(C)c1CC)c(-c1ccccc1C=O)c1nc(cc3[nH]c(c(C)c3CC)c2-c2ccc(C)cc2)C(CC)=C1C. The van der Waals surface area contributed by atoms with Gasteiger partial charge in [-0.15, -0.1) is 0 Å². The van der Waals surface area contributed by atoms with E-state index in [-0.39, 0.29) is 0 Å². The Morgan fingerprint density at radius 2 is 1.10 bits per heavy atom. The number of aromatic amines is 2. The number of aromatic nitrogens is 4. The van der Waals surface area contributed by atoms with Gasteiger partial charge in [0.25, 0.3) is 0 Å². The molecule has 7 rings (SSSR count). The lowest BCUT2D eigenvalue weighted by Crippen LogP contribution is -1.93. The molecule has 0 amide bonds. The van der Waals surface area contributed by atoms with E-state index in [1.807, 2.05) is 18.2 Å². The second kappa shape index (κ2) is 13.4. The van der Waals surface area contributed by atoms with Gasteiger partial charge < -0.3 is 9.97 Å². The standard InChI is InChI=1S/C46H48N4O/c1-10-32-26(6)43-41(30-20-18-25(5)19-21-30)44-27(7)33(11-2)38(48-44)23-40-35(13-4)29(9)46(50-40)42(36-17-15-14-16-31(36)24-51)45-28(8)34(12-3)39(49-45)22-37(32)47-43/h14-24,47,50H,10-13H2,1-9H3. The minimum absolute atomic E-state index is 0.647. The highest BCUT2D eigenvalue weighted by Crippen LogP contribution is 2.44. The molecule has 2 aromatic carbocycles. The number of hydrogen-bond acceptors (Lipinski definition) is 3. The van der Waals surface area contributed by atoms with Crippen molar-refractivity contribution >= 4 is 50.6 Å². The first-order chi connectivity index (χ1) is 24.6. The van der Waals surface area contributed by atoms with Gasteiger partial charge in [-0.25, -0.2) is 9.97 Å². The summed E-state index contributed by atoms with van der Waals surface area (Å²) in [6, 6.07) is 21.2. The van der Waals surface area contributed by atoms with Crippen LogP contribution in [0, 0.1) is 20.8 Å². The van der Waals surface area contributed by atoms with Crippen molar-refractivity contribution in [3.63, 3.8) is 0 Å². The van der Waals surface area contributed by atoms with Crippen molar-refractivity contribution < 1.29 is 4.79 Å². The van der Waals surface area contributed by atoms with Gasteiger partial charge in [-0.2, -0.15) is 0 Å². The number of aldehydes is 1. The second-order valence-corrected chi connectivity index (χ2v) is 14.0. The quantitative estimate of drug-likeness (QED) is 0.169. The third kappa shape index (κ3) is 5.51. The fourth-order valence-electron chi connectivity index (χ4n) is 8.40. The van der Waals surface area contributed by atoms with Crippen molar-refractivity contribution in [3.8, 4) is 22.3 Å². The van der Waals surface area contributed by atoms with Gasteiger partial charge in [0.15, 0.2) is 6.29 Å². The predicted molar refractivity (Wildman–Crippen MR) is 216 cm³/mol. The average Bonchev–Trinajstić information content (AvgIpc) is 3.82. The van der Waals surface area contributed by atoms with Gasteiger partial charge in [0.2, 0.25) is 0 Å². The summed E-state index contributed by atoms with van der Waals surface area (Å²) in [6.07, 6.45) is 4.39. The molecule has 8 bridgehead atoms. The normalized spacial score (nSPS) is 13.0. The molecule has 0 atom stereocenters. The van der Waals surface area contributed by atoms with Crippen LogP contribution in [0.4, 0.5) is 0 Å². The summed E-state index contributed by atoms with van der Waals surface area (Å²) in [4.78, 5) is 31.4. The number of fused-ring (bicyclic) bond motifs is 8. The molecule has 2 N–H and O–H groups in total. The van der Waals surface area contributed by atoms with Crippen LogP contribution < -0.4 is 0 Å². The molecule has 0 saturated carbocycles. The maximum absolute atomic E-state index is 12.6. The van der Waals surface area contributed by atoms with Gasteiger partial charge in [-0.05, 0) is 128 Å². The lowest BCUT2D eigenvalue weighted by molar-refractivity contribution is 0.112. The molecule has 0 aliphatic carbocycles. The molecule has 2 aliphatic heterocycles. The Morgan fingerprint density at radius 1 is 0.608 bits per heavy atom. The van der Waals surface area contributed by atoms with Crippen LogP contribution in [0.25, 0.3) is 66.6 Å². The third-order valence-electron chi connectivity index (χ3n) is 11.2. The van der Waals surface area contributed by atoms with Gasteiger partial charge in [0.05, 0.1) is 33.8 Å². The molecular formula is C46H48N4O. The highest BCUT2D eigenvalue weighted by molar-refractivity contribution is 6.05. The molecule has 51 heavy (non-hydrogen) atoms. The molecule has 5 aromatic rings. The first-order valence-corrected chi connectivity index (χ1v) is 18.5. The highest BCUT2D eigenvalue weighted by atomic mass is 16.1. The highest BCUT2D eigenvalue weighted by Gasteiger charge is 2.26. The maximum atomic E-state index is 12.6. The van der Waals surface area contributed by atoms with Gasteiger partial charge in [-0.3, -0.25) is 4.79 Å². The van der Waals surface area contributed by atoms with Crippen LogP contribution in [0.1, 0.15) is 115 Å². The van der Waals surface area contributed by atoms with E-state index in [1.165, 1.54) is 44.5 Å². The Hall–Kier alpha value is -5.29. The van der Waals surface area contributed by atoms with Crippen LogP contribution in [0.5, 0.6) is 0 Å². The van der Waals surface area contributed by atoms with Gasteiger partial charge >= 0.3 is 0 Å². The van der Waals surface area contributed by atoms with E-state index in [1.54, 1.807) is 0 Å². The zero-order chi connectivity index (χ0) is 36.1. The largest absolute Gasteiger partial charge is 0.354 e. The van der Waals surface area contributed by atoms with Crippen molar-refractivity contribution in [1.29, 1.82) is 0 Å². The van der Waals surface area contributed by atoms with Crippen molar-refractivity contribution in [3.05, 3.63) is 117 Å². The number of nitrogens with zero attached hydrogens (tertiary/aromatic N) is 2. The van der Waals surface area contributed by atoms with E-state index in [9.17, 15) is 4.79 Å². The molecular weight excluding hydrogens is 625 g/mol. The van der Waals surface area contributed by atoms with Gasteiger partial charge in [0, 0.05) is 27.7 Å². The molecule has 5 heterocycles. The second-order valence-electron chi connectivity index (χ2n) is 14.0. The number of hydrogen-bond donors (Lipinski definition) is 2. The molecule has 5 nitrogen and oxygen atoms in total. The fraction of sp³-hybridized carbons (Fsp3) is 0.283. The number of H-pyrrole nitrogens is 2. The number of nitrogens with one attached hydrogen (secondary N) is 2. The molecule has 0 spiro atoms. The molecule has 258 valence electrons. The number of rotatable bonds is 7. The summed E-state index contributed by atoms with van der Waals surface area (Å²) >= 11 is 0. The molecule has 5 heteroatoms. The van der Waals surface area contributed by atoms with E-state index in [0.29, 0.717) is 5.56 Å². The third-order valence-corrected chi connectivity index (χ3v) is 11.2. The van der Waals surface area contributed by atoms with Crippen molar-refractivity contribution in [2.45, 2.75) is 88.0 Å². The summed E-state index contributed by atoms with van der Waals surface area (Å²) in [5.41, 5.74) is 23.8. The summed E-state index contributed by atoms with van der Waals surface area (Å²) < 4.78 is 0. The van der Waals surface area contributed by atoms with Gasteiger partial charge in [-0.1, -0.05) is 81.8 Å². The first kappa shape index (κ1) is 34.2. The Kier molecular flexibility index (Phi) is 9.01. The molecule has 3 aromatic heterocycles. The van der Waals surface area contributed by atoms with Crippen molar-refractivity contribution in [2.24, 2.45) is 0 Å². The number of allylic oxidation sites excluding steroid dienone is 4. The van der Waals surface area contributed by atoms with Crippen molar-refractivity contribution in [1.82, 2.24) is 19.9 Å². The molecule has 0 unspecified atom stereocenters. The summed E-state index contributed by atoms with van der Waals surface area (Å²) in [5, 5.41) is 0. The van der Waals surface area contributed by atoms with Crippen LogP contribution >= 0.6 is 0 Å². The monoisotopic (exact) mass is 672 g/mol. The predicted octanol–water partition coefficient (Wildman–Crippen LogP) is 12.2. The number of carbonyl (C=O) groups is 1. The smallest absolute Gasteiger partial charge is 0.150 e. The minimum Gasteiger partial charge on any atom is -0.354 e. The van der Waals surface area contributed by atoms with E-state index in [0.717, 1.165) is 105 Å². The van der Waals surface area contributed by atoms with Crippen molar-refractivity contribution in [2.75, 3.05) is 0 Å². The van der Waals surface area contributed by atoms with Crippen LogP contribution in [0.2, 0.25) is 0 Å². The van der Waals surface area contributed by atoms with E-state index < -0.39 is 0 Å². The zero-order valence-corrected chi connectivity index (χ0v) is 31.5. The Labute approximate surface area is 301 Å². The van der Waals surface area contributed by atoms with E-state index >= 15 is 0 Å². The van der Waals surface area contributed by atoms with Crippen LogP contribution in [-0.2, 0) is 12.8 Å². The Balaban J connectivity index is 1.78.